The molecule has 3 heterocycles. The lowest BCUT2D eigenvalue weighted by atomic mass is 10.0. The quantitative estimate of drug-likeness (QED) is 0.334. The molecule has 0 aliphatic carbocycles. The van der Waals surface area contributed by atoms with Gasteiger partial charge in [-0.05, 0) is 68.1 Å². The smallest absolute Gasteiger partial charge is 0.277 e. The molecule has 0 bridgehead atoms. The van der Waals surface area contributed by atoms with Gasteiger partial charge in [-0.1, -0.05) is 0 Å². The number of amides is 1. The van der Waals surface area contributed by atoms with Crippen LogP contribution in [0.25, 0.3) is 11.4 Å². The summed E-state index contributed by atoms with van der Waals surface area (Å²) >= 11 is 0. The Morgan fingerprint density at radius 2 is 1.79 bits per heavy atom. The van der Waals surface area contributed by atoms with Crippen molar-refractivity contribution in [2.45, 2.75) is 19.5 Å². The Bertz CT molecular complexity index is 1620. The highest BCUT2D eigenvalue weighted by atomic mass is 19.1. The normalized spacial score (nSPS) is 12.7. The summed E-state index contributed by atoms with van der Waals surface area (Å²) in [5, 5.41) is 5.45. The van der Waals surface area contributed by atoms with Gasteiger partial charge in [0.15, 0.2) is 17.3 Å². The van der Waals surface area contributed by atoms with Gasteiger partial charge in [-0.15, -0.1) is 0 Å². The number of aromatic nitrogens is 3. The van der Waals surface area contributed by atoms with Crippen molar-refractivity contribution in [2.75, 3.05) is 19.2 Å². The van der Waals surface area contributed by atoms with E-state index in [0.29, 0.717) is 34.0 Å². The van der Waals surface area contributed by atoms with Gasteiger partial charge in [-0.2, -0.15) is 0 Å². The van der Waals surface area contributed by atoms with Crippen LogP contribution in [0.15, 0.2) is 71.9 Å². The summed E-state index contributed by atoms with van der Waals surface area (Å²) < 4.78 is 25.6. The molecule has 2 aromatic heterocycles. The molecule has 2 N–H and O–H groups in total. The van der Waals surface area contributed by atoms with Gasteiger partial charge >= 0.3 is 0 Å². The Morgan fingerprint density at radius 1 is 1.03 bits per heavy atom. The Kier molecular flexibility index (Phi) is 7.15. The molecule has 1 amide bonds. The average Bonchev–Trinajstić information content (AvgIpc) is 3.43. The third-order valence-corrected chi connectivity index (χ3v) is 6.27. The van der Waals surface area contributed by atoms with Gasteiger partial charge in [0.1, 0.15) is 17.3 Å². The number of hydrogen-bond acceptors (Lipinski definition) is 8. The van der Waals surface area contributed by atoms with Crippen molar-refractivity contribution in [1.82, 2.24) is 19.9 Å². The van der Waals surface area contributed by atoms with Crippen molar-refractivity contribution < 1.29 is 23.5 Å². The molecule has 1 atom stereocenters. The van der Waals surface area contributed by atoms with Crippen molar-refractivity contribution in [3.63, 3.8) is 0 Å². The first-order valence-electron chi connectivity index (χ1n) is 12.1. The lowest BCUT2D eigenvalue weighted by Gasteiger charge is -2.16. The zero-order valence-corrected chi connectivity index (χ0v) is 21.1. The number of ketones is 1. The highest BCUT2D eigenvalue weighted by Gasteiger charge is 2.20. The minimum atomic E-state index is -0.537. The fraction of sp³-hybridized carbons (Fsp3) is 0.179. The van der Waals surface area contributed by atoms with E-state index < -0.39 is 23.3 Å². The molecular formula is C28H24FN5O5. The van der Waals surface area contributed by atoms with E-state index in [1.165, 1.54) is 47.4 Å². The molecule has 0 radical (unpaired) electrons. The number of hydrogen-bond donors (Lipinski definition) is 2. The molecule has 0 spiro atoms. The Hall–Kier alpha value is -4.90. The van der Waals surface area contributed by atoms with Crippen LogP contribution in [0.4, 0.5) is 10.1 Å². The molecule has 2 aromatic carbocycles. The molecule has 39 heavy (non-hydrogen) atoms. The molecule has 11 heteroatoms. The number of carbonyl (C=O) groups is 2. The van der Waals surface area contributed by atoms with Gasteiger partial charge in [0.2, 0.25) is 12.7 Å². The van der Waals surface area contributed by atoms with Crippen LogP contribution in [0.5, 0.6) is 11.5 Å². The number of ether oxygens (including phenoxy) is 2. The van der Waals surface area contributed by atoms with Crippen LogP contribution >= 0.6 is 0 Å². The molecule has 10 nitrogen and oxygen atoms in total. The summed E-state index contributed by atoms with van der Waals surface area (Å²) in [7, 11) is 1.64. The number of likely N-dealkylation sites (N-methyl/N-ethyl adjacent to an activating group) is 1. The highest BCUT2D eigenvalue weighted by Crippen LogP contribution is 2.35. The number of halogens is 1. The second-order valence-electron chi connectivity index (χ2n) is 8.87. The summed E-state index contributed by atoms with van der Waals surface area (Å²) in [6, 6.07) is 11.5. The fourth-order valence-corrected chi connectivity index (χ4v) is 4.01. The SMILES string of the molecule is CN[C@H](C)C(=O)Nc1cnc(-c2ccc3c(c2)OCO3)n(Cc2cncc(C(=O)c3ccc(F)cc3)c2)c1=O. The van der Waals surface area contributed by atoms with Crippen molar-refractivity contribution in [3.8, 4) is 22.9 Å². The minimum absolute atomic E-state index is 0.00155. The molecule has 1 aliphatic heterocycles. The molecule has 0 saturated heterocycles. The minimum Gasteiger partial charge on any atom is -0.454 e. The van der Waals surface area contributed by atoms with Crippen LogP contribution < -0.4 is 25.7 Å². The van der Waals surface area contributed by atoms with E-state index in [1.54, 1.807) is 38.2 Å². The standard InChI is InChI=1S/C28H24FN5O5/c1-16(30-2)27(36)33-22-13-32-26(19-5-8-23-24(10-19)39-15-38-23)34(28(22)37)14-17-9-20(12-31-11-17)25(35)18-3-6-21(29)7-4-18/h3-13,16,30H,14-15H2,1-2H3,(H,33,36)/t16-/m1/s1. The molecule has 198 valence electrons. The van der Waals surface area contributed by atoms with E-state index in [2.05, 4.69) is 20.6 Å². The van der Waals surface area contributed by atoms with Crippen LogP contribution in [0.3, 0.4) is 0 Å². The lowest BCUT2D eigenvalue weighted by molar-refractivity contribution is -0.117. The van der Waals surface area contributed by atoms with Crippen LogP contribution in [0, 0.1) is 5.82 Å². The summed E-state index contributed by atoms with van der Waals surface area (Å²) in [6.45, 7) is 1.75. The molecule has 0 fully saturated rings. The Morgan fingerprint density at radius 3 is 2.56 bits per heavy atom. The molecule has 1 aliphatic rings. The summed E-state index contributed by atoms with van der Waals surface area (Å²) in [4.78, 5) is 47.7. The monoisotopic (exact) mass is 529 g/mol. The predicted octanol–water partition coefficient (Wildman–Crippen LogP) is 3.00. The lowest BCUT2D eigenvalue weighted by Crippen LogP contribution is -2.38. The number of nitrogens with zero attached hydrogens (tertiary/aromatic N) is 3. The Balaban J connectivity index is 1.54. The molecular weight excluding hydrogens is 505 g/mol. The van der Waals surface area contributed by atoms with Gasteiger partial charge in [-0.3, -0.25) is 23.9 Å². The number of benzene rings is 2. The summed E-state index contributed by atoms with van der Waals surface area (Å²) in [6.07, 6.45) is 4.25. The first-order valence-corrected chi connectivity index (χ1v) is 12.1. The average molecular weight is 530 g/mol. The zero-order chi connectivity index (χ0) is 27.5. The molecule has 0 unspecified atom stereocenters. The number of fused-ring (bicyclic) bond motifs is 1. The zero-order valence-electron chi connectivity index (χ0n) is 21.1. The second kappa shape index (κ2) is 10.8. The van der Waals surface area contributed by atoms with Crippen LogP contribution in [0.1, 0.15) is 28.4 Å². The predicted molar refractivity (Wildman–Crippen MR) is 140 cm³/mol. The largest absolute Gasteiger partial charge is 0.454 e. The van der Waals surface area contributed by atoms with Crippen LogP contribution in [-0.2, 0) is 11.3 Å². The van der Waals surface area contributed by atoms with Crippen molar-refractivity contribution in [1.29, 1.82) is 0 Å². The molecule has 4 aromatic rings. The maximum Gasteiger partial charge on any atom is 0.277 e. The van der Waals surface area contributed by atoms with Gasteiger partial charge < -0.3 is 20.1 Å². The topological polar surface area (TPSA) is 124 Å². The first-order chi connectivity index (χ1) is 18.8. The van der Waals surface area contributed by atoms with E-state index in [1.807, 2.05) is 0 Å². The van der Waals surface area contributed by atoms with E-state index in [4.69, 9.17) is 9.47 Å². The number of anilines is 1. The number of carbonyl (C=O) groups excluding carboxylic acids is 2. The highest BCUT2D eigenvalue weighted by molar-refractivity contribution is 6.08. The summed E-state index contributed by atoms with van der Waals surface area (Å²) in [5.41, 5.74) is 1.21. The van der Waals surface area contributed by atoms with Crippen molar-refractivity contribution >= 4 is 17.4 Å². The van der Waals surface area contributed by atoms with E-state index in [0.717, 1.165) is 0 Å². The second-order valence-corrected chi connectivity index (χ2v) is 8.87. The number of pyridine rings is 1. The molecule has 5 rings (SSSR count). The maximum absolute atomic E-state index is 13.6. The molecule has 0 saturated carbocycles. The third-order valence-electron chi connectivity index (χ3n) is 6.27. The van der Waals surface area contributed by atoms with E-state index in [-0.39, 0.29) is 30.4 Å². The van der Waals surface area contributed by atoms with E-state index >= 15 is 0 Å². The Labute approximate surface area is 222 Å². The van der Waals surface area contributed by atoms with Gasteiger partial charge in [0, 0.05) is 29.1 Å². The first kappa shape index (κ1) is 25.7. The number of rotatable bonds is 8. The van der Waals surface area contributed by atoms with E-state index in [9.17, 15) is 18.8 Å². The van der Waals surface area contributed by atoms with Crippen LogP contribution in [0.2, 0.25) is 0 Å². The summed E-state index contributed by atoms with van der Waals surface area (Å²) in [5.74, 6) is 0.224. The van der Waals surface area contributed by atoms with Gasteiger partial charge in [0.25, 0.3) is 5.56 Å². The van der Waals surface area contributed by atoms with Crippen molar-refractivity contribution in [2.24, 2.45) is 0 Å². The van der Waals surface area contributed by atoms with Crippen molar-refractivity contribution in [3.05, 3.63) is 100.0 Å². The van der Waals surface area contributed by atoms with Crippen LogP contribution in [-0.4, -0.2) is 46.1 Å². The third kappa shape index (κ3) is 5.39. The van der Waals surface area contributed by atoms with Gasteiger partial charge in [0.05, 0.1) is 18.8 Å². The maximum atomic E-state index is 13.6. The number of nitrogens with one attached hydrogen (secondary N) is 2. The van der Waals surface area contributed by atoms with Gasteiger partial charge in [-0.25, -0.2) is 9.37 Å². The fourth-order valence-electron chi connectivity index (χ4n) is 4.01.